The summed E-state index contributed by atoms with van der Waals surface area (Å²) in [6.07, 6.45) is 11.5. The zero-order valence-electron chi connectivity index (χ0n) is 14.7. The molecular formula is C17H23N5O3S. The highest BCUT2D eigenvalue weighted by molar-refractivity contribution is 7.71. The third kappa shape index (κ3) is 4.87. The van der Waals surface area contributed by atoms with E-state index >= 15 is 0 Å². The average Bonchev–Trinajstić information content (AvgIpc) is 3.26. The molecule has 0 saturated heterocycles. The summed E-state index contributed by atoms with van der Waals surface area (Å²) in [5.41, 5.74) is 1.36. The Labute approximate surface area is 154 Å². The summed E-state index contributed by atoms with van der Waals surface area (Å²) in [5.74, 6) is 0.582. The van der Waals surface area contributed by atoms with Crippen molar-refractivity contribution in [1.29, 1.82) is 0 Å². The van der Waals surface area contributed by atoms with Gasteiger partial charge in [-0.1, -0.05) is 25.7 Å². The molecule has 140 valence electrons. The summed E-state index contributed by atoms with van der Waals surface area (Å²) in [6.45, 7) is 1.83. The molecule has 1 N–H and O–H groups in total. The summed E-state index contributed by atoms with van der Waals surface area (Å²) in [6, 6.07) is -0.500. The highest BCUT2D eigenvalue weighted by atomic mass is 32.2. The van der Waals surface area contributed by atoms with Crippen LogP contribution >= 0.6 is 0 Å². The minimum atomic E-state index is -2.53. The first-order chi connectivity index (χ1) is 12.5. The van der Waals surface area contributed by atoms with Crippen molar-refractivity contribution in [1.82, 2.24) is 19.7 Å². The standard InChI is InChI=1S/C17H23N5O3S/c1-12-7-19-16(9-18-12)21-17(23)15(6-13-4-2-3-5-13)22-10-14(8-20-22)11-26(24)25/h7-10,13,15,26H,2-6,11H2,1H3,(H,19,21,23)/t15-/m0/s1. The van der Waals surface area contributed by atoms with Gasteiger partial charge in [-0.25, -0.2) is 13.4 Å². The van der Waals surface area contributed by atoms with Crippen molar-refractivity contribution in [2.24, 2.45) is 5.92 Å². The first kappa shape index (κ1) is 18.5. The van der Waals surface area contributed by atoms with Gasteiger partial charge in [0.05, 0.1) is 30.0 Å². The van der Waals surface area contributed by atoms with E-state index in [1.807, 2.05) is 6.92 Å². The number of nitrogens with zero attached hydrogens (tertiary/aromatic N) is 4. The van der Waals surface area contributed by atoms with E-state index in [1.165, 1.54) is 25.2 Å². The van der Waals surface area contributed by atoms with Gasteiger partial charge < -0.3 is 5.32 Å². The van der Waals surface area contributed by atoms with Gasteiger partial charge in [0.2, 0.25) is 5.91 Å². The van der Waals surface area contributed by atoms with Crippen LogP contribution in [0.25, 0.3) is 0 Å². The minimum Gasteiger partial charge on any atom is -0.308 e. The molecular weight excluding hydrogens is 354 g/mol. The second kappa shape index (κ2) is 8.39. The lowest BCUT2D eigenvalue weighted by Crippen LogP contribution is -2.28. The second-order valence-electron chi connectivity index (χ2n) is 6.75. The second-order valence-corrected chi connectivity index (χ2v) is 7.74. The van der Waals surface area contributed by atoms with Crippen molar-refractivity contribution in [3.8, 4) is 0 Å². The van der Waals surface area contributed by atoms with E-state index in [0.29, 0.717) is 23.7 Å². The molecule has 0 bridgehead atoms. The van der Waals surface area contributed by atoms with Gasteiger partial charge >= 0.3 is 0 Å². The van der Waals surface area contributed by atoms with Gasteiger partial charge in [-0.3, -0.25) is 14.5 Å². The van der Waals surface area contributed by atoms with Gasteiger partial charge in [-0.15, -0.1) is 0 Å². The molecule has 9 heteroatoms. The quantitative estimate of drug-likeness (QED) is 0.713. The van der Waals surface area contributed by atoms with Crippen molar-refractivity contribution in [3.05, 3.63) is 36.0 Å². The maximum atomic E-state index is 12.9. The number of thiol groups is 1. The van der Waals surface area contributed by atoms with Crippen LogP contribution in [0.1, 0.15) is 49.4 Å². The van der Waals surface area contributed by atoms with Crippen LogP contribution < -0.4 is 5.32 Å². The fourth-order valence-corrected chi connectivity index (χ4v) is 3.80. The van der Waals surface area contributed by atoms with Crippen LogP contribution in [0.4, 0.5) is 5.82 Å². The Kier molecular flexibility index (Phi) is 5.97. The molecule has 3 rings (SSSR count). The monoisotopic (exact) mass is 377 g/mol. The Hall–Kier alpha value is -2.29. The molecule has 0 unspecified atom stereocenters. The number of hydrogen-bond donors (Lipinski definition) is 2. The molecule has 0 aromatic carbocycles. The third-order valence-corrected chi connectivity index (χ3v) is 5.28. The average molecular weight is 377 g/mol. The summed E-state index contributed by atoms with van der Waals surface area (Å²) in [4.78, 5) is 21.2. The van der Waals surface area contributed by atoms with Crippen molar-refractivity contribution < 1.29 is 13.2 Å². The molecule has 1 atom stereocenters. The number of hydrogen-bond acceptors (Lipinski definition) is 6. The van der Waals surface area contributed by atoms with E-state index in [2.05, 4.69) is 20.4 Å². The molecule has 8 nitrogen and oxygen atoms in total. The highest BCUT2D eigenvalue weighted by Gasteiger charge is 2.27. The Balaban J connectivity index is 1.78. The summed E-state index contributed by atoms with van der Waals surface area (Å²) < 4.78 is 23.4. The number of carbonyl (C=O) groups is 1. The van der Waals surface area contributed by atoms with Gasteiger partial charge in [0.15, 0.2) is 5.82 Å². The number of amides is 1. The molecule has 1 amide bonds. The van der Waals surface area contributed by atoms with Crippen molar-refractivity contribution in [3.63, 3.8) is 0 Å². The Bertz CT molecular complexity index is 817. The SMILES string of the molecule is Cc1cnc(NC(=O)[C@H](CC2CCCC2)n2cc(C[SH](=O)=O)cn2)cn1. The molecule has 1 aliphatic carbocycles. The highest BCUT2D eigenvalue weighted by Crippen LogP contribution is 2.32. The van der Waals surface area contributed by atoms with Crippen LogP contribution in [0.15, 0.2) is 24.8 Å². The number of aryl methyl sites for hydroxylation is 1. The molecule has 1 fully saturated rings. The molecule has 0 aliphatic heterocycles. The number of aromatic nitrogens is 4. The molecule has 2 aromatic heterocycles. The lowest BCUT2D eigenvalue weighted by Gasteiger charge is -2.20. The topological polar surface area (TPSA) is 107 Å². The normalized spacial score (nSPS) is 16.1. The van der Waals surface area contributed by atoms with Crippen LogP contribution in [0, 0.1) is 12.8 Å². The lowest BCUT2D eigenvalue weighted by atomic mass is 9.98. The number of carbonyl (C=O) groups excluding carboxylic acids is 1. The van der Waals surface area contributed by atoms with Crippen LogP contribution in [-0.4, -0.2) is 34.1 Å². The number of nitrogens with one attached hydrogen (secondary N) is 1. The predicted molar refractivity (Wildman–Crippen MR) is 97.3 cm³/mol. The molecule has 26 heavy (non-hydrogen) atoms. The fourth-order valence-electron chi connectivity index (χ4n) is 3.34. The van der Waals surface area contributed by atoms with Crippen LogP contribution in [-0.2, 0) is 21.3 Å². The van der Waals surface area contributed by atoms with E-state index in [9.17, 15) is 13.2 Å². The molecule has 1 saturated carbocycles. The Morgan fingerprint density at radius 1 is 1.27 bits per heavy atom. The maximum absolute atomic E-state index is 12.9. The van der Waals surface area contributed by atoms with E-state index < -0.39 is 16.7 Å². The largest absolute Gasteiger partial charge is 0.308 e. The zero-order chi connectivity index (χ0) is 18.5. The summed E-state index contributed by atoms with van der Waals surface area (Å²) >= 11 is 0. The van der Waals surface area contributed by atoms with Crippen molar-refractivity contribution >= 4 is 22.4 Å². The molecule has 0 radical (unpaired) electrons. The fraction of sp³-hybridized carbons (Fsp3) is 0.529. The third-order valence-electron chi connectivity index (χ3n) is 4.65. The van der Waals surface area contributed by atoms with Gasteiger partial charge in [-0.2, -0.15) is 5.10 Å². The first-order valence-electron chi connectivity index (χ1n) is 8.75. The minimum absolute atomic E-state index is 0.0729. The van der Waals surface area contributed by atoms with E-state index in [4.69, 9.17) is 0 Å². The molecule has 2 aromatic rings. The summed E-state index contributed by atoms with van der Waals surface area (Å²) in [5, 5.41) is 7.04. The maximum Gasteiger partial charge on any atom is 0.250 e. The van der Waals surface area contributed by atoms with E-state index in [1.54, 1.807) is 17.1 Å². The predicted octanol–water partition coefficient (Wildman–Crippen LogP) is 1.85. The lowest BCUT2D eigenvalue weighted by molar-refractivity contribution is -0.120. The Morgan fingerprint density at radius 2 is 2.04 bits per heavy atom. The van der Waals surface area contributed by atoms with Gasteiger partial charge in [0, 0.05) is 11.8 Å². The van der Waals surface area contributed by atoms with Crippen LogP contribution in [0.3, 0.4) is 0 Å². The van der Waals surface area contributed by atoms with Crippen molar-refractivity contribution in [2.45, 2.75) is 50.8 Å². The smallest absolute Gasteiger partial charge is 0.250 e. The van der Waals surface area contributed by atoms with Gasteiger partial charge in [-0.05, 0) is 19.3 Å². The van der Waals surface area contributed by atoms with Crippen LogP contribution in [0.5, 0.6) is 0 Å². The summed E-state index contributed by atoms with van der Waals surface area (Å²) in [7, 11) is -2.53. The van der Waals surface area contributed by atoms with Crippen molar-refractivity contribution in [2.75, 3.05) is 5.32 Å². The van der Waals surface area contributed by atoms with E-state index in [-0.39, 0.29) is 11.7 Å². The first-order valence-corrected chi connectivity index (χ1v) is 10.1. The molecule has 2 heterocycles. The van der Waals surface area contributed by atoms with Gasteiger partial charge in [0.1, 0.15) is 16.7 Å². The number of rotatable bonds is 7. The number of anilines is 1. The van der Waals surface area contributed by atoms with E-state index in [0.717, 1.165) is 18.5 Å². The molecule has 1 aliphatic rings. The van der Waals surface area contributed by atoms with Crippen LogP contribution in [0.2, 0.25) is 0 Å². The molecule has 0 spiro atoms. The Morgan fingerprint density at radius 3 is 2.69 bits per heavy atom. The van der Waals surface area contributed by atoms with Gasteiger partial charge in [0.25, 0.3) is 0 Å². The zero-order valence-corrected chi connectivity index (χ0v) is 15.6.